The Morgan fingerprint density at radius 1 is 0.600 bits per heavy atom. The fourth-order valence-corrected chi connectivity index (χ4v) is 7.85. The zero-order valence-electron chi connectivity index (χ0n) is 13.5. The summed E-state index contributed by atoms with van der Waals surface area (Å²) in [5.41, 5.74) is 0. The lowest BCUT2D eigenvalue weighted by Gasteiger charge is -2.36. The fraction of sp³-hybridized carbons (Fsp3) is 0.0476. The fourth-order valence-electron chi connectivity index (χ4n) is 3.30. The van der Waals surface area contributed by atoms with Gasteiger partial charge in [0.05, 0.1) is 0 Å². The molecule has 0 radical (unpaired) electrons. The minimum absolute atomic E-state index is 0.663. The summed E-state index contributed by atoms with van der Waals surface area (Å²) < 4.78 is 41.8. The van der Waals surface area contributed by atoms with Gasteiger partial charge in [0.15, 0.2) is 8.07 Å². The van der Waals surface area contributed by atoms with Gasteiger partial charge in [-0.2, -0.15) is 13.2 Å². The highest BCUT2D eigenvalue weighted by Gasteiger charge is 2.52. The van der Waals surface area contributed by atoms with Gasteiger partial charge in [-0.1, -0.05) is 97.6 Å². The van der Waals surface area contributed by atoms with Gasteiger partial charge in [-0.15, -0.1) is 0 Å². The summed E-state index contributed by atoms with van der Waals surface area (Å²) in [6.07, 6.45) is -4.48. The van der Waals surface area contributed by atoms with Crippen molar-refractivity contribution in [2.24, 2.45) is 0 Å². The first-order valence-electron chi connectivity index (χ1n) is 7.90. The van der Waals surface area contributed by atoms with E-state index < -0.39 is 19.4 Å². The van der Waals surface area contributed by atoms with E-state index in [2.05, 4.69) is 6.58 Å². The molecular weight excluding hydrogens is 337 g/mol. The van der Waals surface area contributed by atoms with Gasteiger partial charge in [0.1, 0.15) is 0 Å². The van der Waals surface area contributed by atoms with E-state index in [0.717, 1.165) is 0 Å². The van der Waals surface area contributed by atoms with E-state index in [0.29, 0.717) is 15.6 Å². The second kappa shape index (κ2) is 6.73. The Labute approximate surface area is 146 Å². The second-order valence-corrected chi connectivity index (χ2v) is 9.66. The van der Waals surface area contributed by atoms with Crippen LogP contribution in [-0.2, 0) is 0 Å². The Bertz CT molecular complexity index is 744. The predicted molar refractivity (Wildman–Crippen MR) is 99.2 cm³/mol. The number of hydrogen-bond donors (Lipinski definition) is 0. The van der Waals surface area contributed by atoms with E-state index in [1.807, 2.05) is 18.2 Å². The zero-order chi connectivity index (χ0) is 17.9. The molecule has 25 heavy (non-hydrogen) atoms. The van der Waals surface area contributed by atoms with Crippen LogP contribution in [0.25, 0.3) is 0 Å². The Morgan fingerprint density at radius 3 is 1.12 bits per heavy atom. The summed E-state index contributed by atoms with van der Waals surface area (Å²) in [6, 6.07) is 26.8. The standard InChI is InChI=1S/C21H17F3Si/c1-17(21(22,23)24)25(18-11-5-2-6-12-18,19-13-7-3-8-14-19)20-15-9-4-10-16-20/h2-16H,1H2. The third kappa shape index (κ3) is 3.05. The lowest BCUT2D eigenvalue weighted by atomic mass is 10.3. The third-order valence-corrected chi connectivity index (χ3v) is 9.20. The van der Waals surface area contributed by atoms with Crippen LogP contribution in [0.3, 0.4) is 0 Å². The van der Waals surface area contributed by atoms with Gasteiger partial charge in [-0.3, -0.25) is 0 Å². The summed E-state index contributed by atoms with van der Waals surface area (Å²) >= 11 is 0. The Balaban J connectivity index is 2.43. The van der Waals surface area contributed by atoms with Gasteiger partial charge >= 0.3 is 6.18 Å². The Hall–Kier alpha value is -2.59. The van der Waals surface area contributed by atoms with Gasteiger partial charge in [0, 0.05) is 5.20 Å². The van der Waals surface area contributed by atoms with E-state index in [1.165, 1.54) is 0 Å². The number of benzene rings is 3. The van der Waals surface area contributed by atoms with Crippen LogP contribution in [0.15, 0.2) is 103 Å². The van der Waals surface area contributed by atoms with Crippen molar-refractivity contribution >= 4 is 23.6 Å². The molecular formula is C21H17F3Si. The molecule has 0 atom stereocenters. The van der Waals surface area contributed by atoms with Gasteiger partial charge in [0.25, 0.3) is 0 Å². The van der Waals surface area contributed by atoms with E-state index in [-0.39, 0.29) is 0 Å². The monoisotopic (exact) mass is 354 g/mol. The van der Waals surface area contributed by atoms with Crippen LogP contribution < -0.4 is 15.6 Å². The molecule has 0 amide bonds. The lowest BCUT2D eigenvalue weighted by Crippen LogP contribution is -2.70. The van der Waals surface area contributed by atoms with Crippen molar-refractivity contribution in [2.75, 3.05) is 0 Å². The van der Waals surface area contributed by atoms with Crippen molar-refractivity contribution in [2.45, 2.75) is 6.18 Å². The normalized spacial score (nSPS) is 12.0. The first kappa shape index (κ1) is 17.2. The Morgan fingerprint density at radius 2 is 0.880 bits per heavy atom. The van der Waals surface area contributed by atoms with E-state index in [4.69, 9.17) is 0 Å². The van der Waals surface area contributed by atoms with Crippen LogP contribution in [0, 0.1) is 0 Å². The molecule has 4 heteroatoms. The summed E-state index contributed by atoms with van der Waals surface area (Å²) in [5, 5.41) is 1.36. The predicted octanol–water partition coefficient (Wildman–Crippen LogP) is 3.81. The van der Waals surface area contributed by atoms with Crippen molar-refractivity contribution in [1.29, 1.82) is 0 Å². The van der Waals surface area contributed by atoms with Gasteiger partial charge in [-0.25, -0.2) is 0 Å². The average molecular weight is 354 g/mol. The molecule has 0 aromatic heterocycles. The molecule has 0 aliphatic rings. The minimum atomic E-state index is -4.48. The molecule has 0 fully saturated rings. The van der Waals surface area contributed by atoms with Crippen LogP contribution in [0.4, 0.5) is 13.2 Å². The molecule has 0 unspecified atom stereocenters. The summed E-state index contributed by atoms with van der Waals surface area (Å²) in [4.78, 5) is 0. The summed E-state index contributed by atoms with van der Waals surface area (Å²) in [6.45, 7) is 3.56. The van der Waals surface area contributed by atoms with Crippen LogP contribution in [0.5, 0.6) is 0 Å². The van der Waals surface area contributed by atoms with Gasteiger partial charge < -0.3 is 0 Å². The number of allylic oxidation sites excluding steroid dienone is 1. The number of halogens is 3. The molecule has 126 valence electrons. The van der Waals surface area contributed by atoms with Crippen molar-refractivity contribution in [3.8, 4) is 0 Å². The van der Waals surface area contributed by atoms with Crippen molar-refractivity contribution < 1.29 is 13.2 Å². The molecule has 0 aliphatic heterocycles. The largest absolute Gasteiger partial charge is 0.409 e. The second-order valence-electron chi connectivity index (χ2n) is 5.82. The highest BCUT2D eigenvalue weighted by molar-refractivity contribution is 7.16. The van der Waals surface area contributed by atoms with Crippen molar-refractivity contribution in [3.05, 3.63) is 103 Å². The average Bonchev–Trinajstić information content (AvgIpc) is 2.64. The van der Waals surface area contributed by atoms with Crippen molar-refractivity contribution in [1.82, 2.24) is 0 Å². The molecule has 3 aromatic rings. The number of hydrogen-bond acceptors (Lipinski definition) is 0. The number of alkyl halides is 3. The van der Waals surface area contributed by atoms with Crippen LogP contribution in [0.2, 0.25) is 0 Å². The minimum Gasteiger partial charge on any atom is -0.167 e. The van der Waals surface area contributed by atoms with Crippen LogP contribution in [0.1, 0.15) is 0 Å². The zero-order valence-corrected chi connectivity index (χ0v) is 14.5. The molecule has 0 spiro atoms. The van der Waals surface area contributed by atoms with E-state index in [9.17, 15) is 13.2 Å². The first-order chi connectivity index (χ1) is 12.0. The van der Waals surface area contributed by atoms with Crippen LogP contribution in [-0.4, -0.2) is 14.3 Å². The summed E-state index contributed by atoms with van der Waals surface area (Å²) in [7, 11) is -3.48. The molecule has 0 bridgehead atoms. The molecule has 0 N–H and O–H groups in total. The molecule has 0 saturated heterocycles. The maximum absolute atomic E-state index is 13.9. The Kier molecular flexibility index (Phi) is 4.64. The smallest absolute Gasteiger partial charge is 0.167 e. The molecule has 0 heterocycles. The quantitative estimate of drug-likeness (QED) is 0.494. The molecule has 0 saturated carbocycles. The first-order valence-corrected chi connectivity index (χ1v) is 9.90. The number of rotatable bonds is 4. The highest BCUT2D eigenvalue weighted by atomic mass is 28.3. The lowest BCUT2D eigenvalue weighted by molar-refractivity contribution is -0.0850. The van der Waals surface area contributed by atoms with E-state index >= 15 is 0 Å². The van der Waals surface area contributed by atoms with Gasteiger partial charge in [-0.05, 0) is 15.6 Å². The third-order valence-electron chi connectivity index (χ3n) is 4.42. The molecule has 0 nitrogen and oxygen atoms in total. The van der Waals surface area contributed by atoms with Crippen LogP contribution >= 0.6 is 0 Å². The summed E-state index contributed by atoms with van der Waals surface area (Å²) in [5.74, 6) is 0. The maximum atomic E-state index is 13.9. The highest BCUT2D eigenvalue weighted by Crippen LogP contribution is 2.31. The topological polar surface area (TPSA) is 0 Å². The van der Waals surface area contributed by atoms with E-state index in [1.54, 1.807) is 72.8 Å². The molecule has 3 rings (SSSR count). The van der Waals surface area contributed by atoms with Crippen molar-refractivity contribution in [3.63, 3.8) is 0 Å². The SMILES string of the molecule is C=C(C(F)(F)F)[Si](c1ccccc1)(c1ccccc1)c1ccccc1. The molecule has 0 aliphatic carbocycles. The van der Waals surface area contributed by atoms with Gasteiger partial charge in [0.2, 0.25) is 0 Å². The maximum Gasteiger partial charge on any atom is 0.409 e. The molecule has 3 aromatic carbocycles.